The molecule has 1 aromatic rings. The third-order valence-corrected chi connectivity index (χ3v) is 7.19. The van der Waals surface area contributed by atoms with Crippen LogP contribution in [0.2, 0.25) is 0 Å². The van der Waals surface area contributed by atoms with E-state index in [0.717, 1.165) is 44.3 Å². The van der Waals surface area contributed by atoms with Gasteiger partial charge in [0.15, 0.2) is 0 Å². The van der Waals surface area contributed by atoms with Crippen molar-refractivity contribution in [2.24, 2.45) is 0 Å². The summed E-state index contributed by atoms with van der Waals surface area (Å²) in [6.07, 6.45) is 4.40. The minimum Gasteiger partial charge on any atom is -0.489 e. The van der Waals surface area contributed by atoms with E-state index in [2.05, 4.69) is 21.9 Å². The van der Waals surface area contributed by atoms with E-state index >= 15 is 0 Å². The molecule has 1 amide bonds. The number of nitrogens with one attached hydrogen (secondary N) is 2. The van der Waals surface area contributed by atoms with Gasteiger partial charge in [0, 0.05) is 25.6 Å². The van der Waals surface area contributed by atoms with E-state index in [1.807, 2.05) is 13.8 Å². The zero-order valence-corrected chi connectivity index (χ0v) is 19.7. The second-order valence-electron chi connectivity index (χ2n) is 7.98. The molecule has 1 fully saturated rings. The first kappa shape index (κ1) is 24.9. The number of amides is 1. The fraction of sp³-hybridized carbons (Fsp3) is 0.667. The van der Waals surface area contributed by atoms with Crippen LogP contribution in [-0.2, 0) is 16.4 Å². The van der Waals surface area contributed by atoms with Crippen LogP contribution in [0.3, 0.4) is 0 Å². The summed E-state index contributed by atoms with van der Waals surface area (Å²) in [7, 11) is -3.66. The van der Waals surface area contributed by atoms with E-state index in [1.165, 1.54) is 6.07 Å². The first-order valence-corrected chi connectivity index (χ1v) is 12.2. The smallest absolute Gasteiger partial charge is 0.255 e. The van der Waals surface area contributed by atoms with Crippen LogP contribution in [0.4, 0.5) is 0 Å². The van der Waals surface area contributed by atoms with Crippen molar-refractivity contribution in [1.82, 2.24) is 14.9 Å². The van der Waals surface area contributed by atoms with Crippen molar-refractivity contribution in [2.75, 3.05) is 26.2 Å². The molecule has 2 heterocycles. The van der Waals surface area contributed by atoms with Gasteiger partial charge in [0.05, 0.1) is 10.5 Å². The number of benzene rings is 1. The maximum atomic E-state index is 13.0. The average molecular weight is 460 g/mol. The highest BCUT2D eigenvalue weighted by Crippen LogP contribution is 2.35. The van der Waals surface area contributed by atoms with Gasteiger partial charge >= 0.3 is 0 Å². The Hall–Kier alpha value is -1.35. The van der Waals surface area contributed by atoms with E-state index in [-0.39, 0.29) is 29.3 Å². The highest BCUT2D eigenvalue weighted by Gasteiger charge is 2.30. The molecule has 1 saturated heterocycles. The van der Waals surface area contributed by atoms with Crippen molar-refractivity contribution in [1.29, 1.82) is 0 Å². The topological polar surface area (TPSA) is 87.7 Å². The molecule has 2 aliphatic rings. The standard InChI is InChI=1S/C21H33N3O4S.ClH/c1-4-6-9-23-29(26,27)18-12-16-11-15(3)28-20(16)19(13-18)21(25)22-14-17-8-7-10-24(17)5-2;/h12-13,15,17,23H,4-11,14H2,1-3H3,(H,22,25);1H. The van der Waals surface area contributed by atoms with Gasteiger partial charge in [-0.15, -0.1) is 12.4 Å². The Morgan fingerprint density at radius 2 is 2.07 bits per heavy atom. The molecular formula is C21H34ClN3O4S. The van der Waals surface area contributed by atoms with E-state index in [4.69, 9.17) is 4.74 Å². The van der Waals surface area contributed by atoms with Crippen LogP contribution in [0.5, 0.6) is 5.75 Å². The molecule has 0 saturated carbocycles. The number of nitrogens with zero attached hydrogens (tertiary/aromatic N) is 1. The second kappa shape index (κ2) is 10.8. The first-order valence-electron chi connectivity index (χ1n) is 10.7. The average Bonchev–Trinajstić information content (AvgIpc) is 3.30. The molecule has 0 aliphatic carbocycles. The molecule has 2 unspecified atom stereocenters. The molecular weight excluding hydrogens is 426 g/mol. The third kappa shape index (κ3) is 5.66. The first-order chi connectivity index (χ1) is 13.9. The van der Waals surface area contributed by atoms with Gasteiger partial charge < -0.3 is 10.1 Å². The highest BCUT2D eigenvalue weighted by atomic mass is 35.5. The fourth-order valence-corrected chi connectivity index (χ4v) is 5.29. The molecule has 0 bridgehead atoms. The lowest BCUT2D eigenvalue weighted by Gasteiger charge is -2.23. The molecule has 0 spiro atoms. The zero-order valence-electron chi connectivity index (χ0n) is 18.1. The number of carbonyl (C=O) groups excluding carboxylic acids is 1. The van der Waals surface area contributed by atoms with Crippen molar-refractivity contribution < 1.29 is 17.9 Å². The summed E-state index contributed by atoms with van der Waals surface area (Å²) in [6.45, 7) is 9.03. The van der Waals surface area contributed by atoms with Gasteiger partial charge in [0.2, 0.25) is 10.0 Å². The Labute approximate surface area is 186 Å². The van der Waals surface area contributed by atoms with Crippen molar-refractivity contribution in [3.05, 3.63) is 23.3 Å². The highest BCUT2D eigenvalue weighted by molar-refractivity contribution is 7.89. The lowest BCUT2D eigenvalue weighted by molar-refractivity contribution is 0.0936. The number of rotatable bonds is 9. The van der Waals surface area contributed by atoms with Crippen LogP contribution >= 0.6 is 12.4 Å². The molecule has 0 aromatic heterocycles. The van der Waals surface area contributed by atoms with E-state index < -0.39 is 10.0 Å². The predicted molar refractivity (Wildman–Crippen MR) is 120 cm³/mol. The Balaban J connectivity index is 0.00000320. The number of unbranched alkanes of at least 4 members (excludes halogenated alkanes) is 1. The lowest BCUT2D eigenvalue weighted by Crippen LogP contribution is -2.40. The van der Waals surface area contributed by atoms with Gasteiger partial charge in [0.1, 0.15) is 11.9 Å². The summed E-state index contributed by atoms with van der Waals surface area (Å²) in [5.74, 6) is 0.241. The summed E-state index contributed by atoms with van der Waals surface area (Å²) in [4.78, 5) is 15.5. The zero-order chi connectivity index (χ0) is 21.0. The number of likely N-dealkylation sites (tertiary alicyclic amines) is 1. The van der Waals surface area contributed by atoms with Crippen LogP contribution in [-0.4, -0.2) is 57.5 Å². The molecule has 1 aromatic carbocycles. The van der Waals surface area contributed by atoms with Gasteiger partial charge in [0.25, 0.3) is 5.91 Å². The minimum atomic E-state index is -3.66. The maximum Gasteiger partial charge on any atom is 0.255 e. The molecule has 7 nitrogen and oxygen atoms in total. The van der Waals surface area contributed by atoms with Gasteiger partial charge in [-0.05, 0) is 57.0 Å². The monoisotopic (exact) mass is 459 g/mol. The van der Waals surface area contributed by atoms with Crippen molar-refractivity contribution in [3.8, 4) is 5.75 Å². The summed E-state index contributed by atoms with van der Waals surface area (Å²) in [5.41, 5.74) is 1.08. The number of ether oxygens (including phenoxy) is 1. The minimum absolute atomic E-state index is 0. The number of fused-ring (bicyclic) bond motifs is 1. The number of sulfonamides is 1. The summed E-state index contributed by atoms with van der Waals surface area (Å²) in [5, 5.41) is 3.00. The molecule has 30 heavy (non-hydrogen) atoms. The number of likely N-dealkylation sites (N-methyl/N-ethyl adjacent to an activating group) is 1. The van der Waals surface area contributed by atoms with Crippen LogP contribution < -0.4 is 14.8 Å². The largest absolute Gasteiger partial charge is 0.489 e. The summed E-state index contributed by atoms with van der Waals surface area (Å²) < 4.78 is 33.9. The maximum absolute atomic E-state index is 13.0. The number of halogens is 1. The molecule has 9 heteroatoms. The Morgan fingerprint density at radius 1 is 1.30 bits per heavy atom. The van der Waals surface area contributed by atoms with Crippen LogP contribution in [0, 0.1) is 0 Å². The molecule has 3 rings (SSSR count). The van der Waals surface area contributed by atoms with E-state index in [0.29, 0.717) is 36.9 Å². The van der Waals surface area contributed by atoms with Gasteiger partial charge in [-0.25, -0.2) is 13.1 Å². The van der Waals surface area contributed by atoms with Crippen LogP contribution in [0.15, 0.2) is 17.0 Å². The van der Waals surface area contributed by atoms with Crippen LogP contribution in [0.1, 0.15) is 62.4 Å². The molecule has 2 atom stereocenters. The van der Waals surface area contributed by atoms with Crippen molar-refractivity contribution in [3.63, 3.8) is 0 Å². The molecule has 2 aliphatic heterocycles. The fourth-order valence-electron chi connectivity index (χ4n) is 4.14. The van der Waals surface area contributed by atoms with Gasteiger partial charge in [-0.2, -0.15) is 0 Å². The Kier molecular flexibility index (Phi) is 8.97. The normalized spacial score (nSPS) is 21.0. The third-order valence-electron chi connectivity index (χ3n) is 5.75. The van der Waals surface area contributed by atoms with E-state index in [9.17, 15) is 13.2 Å². The van der Waals surface area contributed by atoms with Crippen LogP contribution in [0.25, 0.3) is 0 Å². The SMILES string of the molecule is CCCCNS(=O)(=O)c1cc2c(c(C(=O)NCC3CCCN3CC)c1)OC(C)C2.Cl. The van der Waals surface area contributed by atoms with E-state index in [1.54, 1.807) is 6.07 Å². The summed E-state index contributed by atoms with van der Waals surface area (Å²) in [6, 6.07) is 3.42. The van der Waals surface area contributed by atoms with Gasteiger partial charge in [-0.3, -0.25) is 9.69 Å². The second-order valence-corrected chi connectivity index (χ2v) is 9.74. The van der Waals surface area contributed by atoms with Crippen molar-refractivity contribution in [2.45, 2.75) is 69.9 Å². The van der Waals surface area contributed by atoms with Gasteiger partial charge in [-0.1, -0.05) is 20.3 Å². The molecule has 0 radical (unpaired) electrons. The molecule has 2 N–H and O–H groups in total. The Bertz CT molecular complexity index is 847. The summed E-state index contributed by atoms with van der Waals surface area (Å²) >= 11 is 0. The lowest BCUT2D eigenvalue weighted by atomic mass is 10.1. The predicted octanol–water partition coefficient (Wildman–Crippen LogP) is 2.72. The quantitative estimate of drug-likeness (QED) is 0.554. The molecule has 170 valence electrons. The Morgan fingerprint density at radius 3 is 2.77 bits per heavy atom. The number of hydrogen-bond acceptors (Lipinski definition) is 5. The number of carbonyl (C=O) groups is 1. The van der Waals surface area contributed by atoms with Crippen molar-refractivity contribution >= 4 is 28.3 Å². The number of hydrogen-bond donors (Lipinski definition) is 2.